The monoisotopic (exact) mass is 449 g/mol. The van der Waals surface area contributed by atoms with E-state index in [0.29, 0.717) is 22.0 Å². The number of rotatable bonds is 7. The summed E-state index contributed by atoms with van der Waals surface area (Å²) in [7, 11) is 0. The van der Waals surface area contributed by atoms with E-state index >= 15 is 0 Å². The van der Waals surface area contributed by atoms with Crippen LogP contribution >= 0.6 is 11.8 Å². The van der Waals surface area contributed by atoms with Crippen LogP contribution in [0.4, 0.5) is 15.8 Å². The summed E-state index contributed by atoms with van der Waals surface area (Å²) in [6.45, 7) is -0.114. The van der Waals surface area contributed by atoms with Crippen molar-refractivity contribution in [2.45, 2.75) is 5.50 Å². The van der Waals surface area contributed by atoms with Crippen LogP contribution < -0.4 is 20.7 Å². The molecule has 162 valence electrons. The minimum absolute atomic E-state index is 0.114. The highest BCUT2D eigenvalue weighted by Crippen LogP contribution is 2.31. The molecule has 1 heterocycles. The summed E-state index contributed by atoms with van der Waals surface area (Å²) in [5.41, 5.74) is 1.37. The van der Waals surface area contributed by atoms with E-state index < -0.39 is 5.50 Å². The minimum atomic E-state index is -0.462. The Morgan fingerprint density at radius 2 is 1.75 bits per heavy atom. The number of thioether (sulfide) groups is 1. The number of carbonyl (C=O) groups is 2. The van der Waals surface area contributed by atoms with Gasteiger partial charge in [0.2, 0.25) is 0 Å². The van der Waals surface area contributed by atoms with E-state index in [1.165, 1.54) is 17.8 Å². The molecular weight excluding hydrogens is 429 g/mol. The molecule has 2 amide bonds. The first-order valence-corrected chi connectivity index (χ1v) is 10.7. The number of ether oxygens (including phenoxy) is 1. The van der Waals surface area contributed by atoms with Crippen molar-refractivity contribution in [1.29, 1.82) is 0 Å². The van der Waals surface area contributed by atoms with E-state index in [-0.39, 0.29) is 24.2 Å². The normalized spacial score (nSPS) is 16.5. The molecular formula is C24H20FN3O3S. The summed E-state index contributed by atoms with van der Waals surface area (Å²) in [6.07, 6.45) is 1.74. The second-order valence-corrected chi connectivity index (χ2v) is 8.02. The molecule has 8 heteroatoms. The molecule has 1 aliphatic rings. The molecule has 1 fully saturated rings. The minimum Gasteiger partial charge on any atom is -0.484 e. The van der Waals surface area contributed by atoms with Gasteiger partial charge in [-0.2, -0.15) is 0 Å². The Balaban J connectivity index is 1.31. The molecule has 0 aromatic heterocycles. The number of carbonyl (C=O) groups excluding carboxylic acids is 2. The summed E-state index contributed by atoms with van der Waals surface area (Å²) in [5.74, 6) is -0.331. The van der Waals surface area contributed by atoms with E-state index in [0.717, 1.165) is 5.56 Å². The summed E-state index contributed by atoms with van der Waals surface area (Å²) < 4.78 is 19.3. The SMILES string of the molecule is O=C(COc1ccc(/C=C2\SC(Nc3ccccc3F)NC2=O)cc1)Nc1ccccc1. The van der Waals surface area contributed by atoms with Crippen LogP contribution in [0, 0.1) is 5.82 Å². The number of nitrogens with one attached hydrogen (secondary N) is 3. The third-order valence-corrected chi connectivity index (χ3v) is 5.53. The lowest BCUT2D eigenvalue weighted by Gasteiger charge is -2.12. The van der Waals surface area contributed by atoms with Crippen LogP contribution in [-0.2, 0) is 9.59 Å². The van der Waals surface area contributed by atoms with Gasteiger partial charge in [0.05, 0.1) is 10.6 Å². The first kappa shape index (κ1) is 21.5. The molecule has 1 saturated heterocycles. The molecule has 1 unspecified atom stereocenters. The summed E-state index contributed by atoms with van der Waals surface area (Å²) in [4.78, 5) is 24.7. The molecule has 0 radical (unpaired) electrons. The topological polar surface area (TPSA) is 79.5 Å². The number of para-hydroxylation sites is 2. The van der Waals surface area contributed by atoms with Gasteiger partial charge in [-0.15, -0.1) is 0 Å². The summed E-state index contributed by atoms with van der Waals surface area (Å²) in [5, 5.41) is 8.49. The molecule has 1 atom stereocenters. The molecule has 3 aromatic carbocycles. The second-order valence-electron chi connectivity index (χ2n) is 6.88. The van der Waals surface area contributed by atoms with Gasteiger partial charge in [-0.05, 0) is 48.0 Å². The first-order valence-electron chi connectivity index (χ1n) is 9.85. The van der Waals surface area contributed by atoms with Crippen molar-refractivity contribution in [3.63, 3.8) is 0 Å². The summed E-state index contributed by atoms with van der Waals surface area (Å²) >= 11 is 1.27. The zero-order valence-electron chi connectivity index (χ0n) is 16.9. The van der Waals surface area contributed by atoms with Crippen LogP contribution in [0.5, 0.6) is 5.75 Å². The van der Waals surface area contributed by atoms with Crippen molar-refractivity contribution in [2.24, 2.45) is 0 Å². The Morgan fingerprint density at radius 1 is 1.03 bits per heavy atom. The number of halogens is 1. The molecule has 6 nitrogen and oxygen atoms in total. The molecule has 0 saturated carbocycles. The van der Waals surface area contributed by atoms with Gasteiger partial charge in [0.1, 0.15) is 11.6 Å². The van der Waals surface area contributed by atoms with Gasteiger partial charge in [-0.3, -0.25) is 9.59 Å². The van der Waals surface area contributed by atoms with Gasteiger partial charge < -0.3 is 20.7 Å². The lowest BCUT2D eigenvalue weighted by molar-refractivity contribution is -0.118. The van der Waals surface area contributed by atoms with Gasteiger partial charge in [-0.25, -0.2) is 4.39 Å². The Kier molecular flexibility index (Phi) is 6.72. The average molecular weight is 450 g/mol. The number of amides is 2. The highest BCUT2D eigenvalue weighted by Gasteiger charge is 2.27. The van der Waals surface area contributed by atoms with E-state index in [1.807, 2.05) is 18.2 Å². The largest absolute Gasteiger partial charge is 0.484 e. The standard InChI is InChI=1S/C24H20FN3O3S/c25-19-8-4-5-9-20(19)27-24-28-23(30)21(32-24)14-16-10-12-18(13-11-16)31-15-22(29)26-17-6-2-1-3-7-17/h1-14,24,27H,15H2,(H,26,29)(H,28,30)/b21-14-. The predicted molar refractivity (Wildman–Crippen MR) is 125 cm³/mol. The van der Waals surface area contributed by atoms with Crippen LogP contribution in [0.2, 0.25) is 0 Å². The summed E-state index contributed by atoms with van der Waals surface area (Å²) in [6, 6.07) is 22.5. The van der Waals surface area contributed by atoms with E-state index in [1.54, 1.807) is 60.7 Å². The molecule has 0 spiro atoms. The van der Waals surface area contributed by atoms with Gasteiger partial charge >= 0.3 is 0 Å². The number of anilines is 2. The van der Waals surface area contributed by atoms with Crippen LogP contribution in [0.25, 0.3) is 6.08 Å². The van der Waals surface area contributed by atoms with Crippen LogP contribution in [0.1, 0.15) is 5.56 Å². The third kappa shape index (κ3) is 5.67. The molecule has 3 N–H and O–H groups in total. The van der Waals surface area contributed by atoms with Gasteiger partial charge in [0, 0.05) is 5.69 Å². The molecule has 1 aliphatic heterocycles. The molecule has 4 rings (SSSR count). The Hall–Kier alpha value is -3.78. The van der Waals surface area contributed by atoms with Gasteiger partial charge in [0.25, 0.3) is 11.8 Å². The van der Waals surface area contributed by atoms with Crippen LogP contribution in [-0.4, -0.2) is 23.9 Å². The fourth-order valence-electron chi connectivity index (χ4n) is 2.96. The maximum absolute atomic E-state index is 13.8. The van der Waals surface area contributed by atoms with Crippen LogP contribution in [0.15, 0.2) is 83.8 Å². The zero-order chi connectivity index (χ0) is 22.3. The van der Waals surface area contributed by atoms with E-state index in [4.69, 9.17) is 4.74 Å². The van der Waals surface area contributed by atoms with E-state index in [2.05, 4.69) is 16.0 Å². The highest BCUT2D eigenvalue weighted by atomic mass is 32.2. The fraction of sp³-hybridized carbons (Fsp3) is 0.0833. The van der Waals surface area contributed by atoms with Crippen molar-refractivity contribution in [2.75, 3.05) is 17.2 Å². The Labute approximate surface area is 188 Å². The molecule has 3 aromatic rings. The quantitative estimate of drug-likeness (QED) is 0.465. The van der Waals surface area contributed by atoms with Crippen molar-refractivity contribution in [3.05, 3.63) is 95.1 Å². The lowest BCUT2D eigenvalue weighted by atomic mass is 10.2. The number of benzene rings is 3. The first-order chi connectivity index (χ1) is 15.6. The number of hydrogen-bond donors (Lipinski definition) is 3. The van der Waals surface area contributed by atoms with Crippen molar-refractivity contribution < 1.29 is 18.7 Å². The molecule has 32 heavy (non-hydrogen) atoms. The maximum atomic E-state index is 13.8. The van der Waals surface area contributed by atoms with E-state index in [9.17, 15) is 14.0 Å². The maximum Gasteiger partial charge on any atom is 0.262 e. The van der Waals surface area contributed by atoms with Crippen molar-refractivity contribution >= 4 is 41.0 Å². The fourth-order valence-corrected chi connectivity index (χ4v) is 3.94. The Morgan fingerprint density at radius 3 is 2.50 bits per heavy atom. The van der Waals surface area contributed by atoms with Crippen LogP contribution in [0.3, 0.4) is 0 Å². The molecule has 0 aliphatic carbocycles. The van der Waals surface area contributed by atoms with Gasteiger partial charge in [-0.1, -0.05) is 54.2 Å². The van der Waals surface area contributed by atoms with Crippen molar-refractivity contribution in [1.82, 2.24) is 5.32 Å². The number of hydrogen-bond acceptors (Lipinski definition) is 5. The molecule has 0 bridgehead atoms. The third-order valence-electron chi connectivity index (χ3n) is 4.50. The predicted octanol–water partition coefficient (Wildman–Crippen LogP) is 4.44. The highest BCUT2D eigenvalue weighted by molar-refractivity contribution is 8.05. The second kappa shape index (κ2) is 10.0. The Bertz CT molecular complexity index is 1140. The lowest BCUT2D eigenvalue weighted by Crippen LogP contribution is -2.31. The van der Waals surface area contributed by atoms with Crippen molar-refractivity contribution in [3.8, 4) is 5.75 Å². The zero-order valence-corrected chi connectivity index (χ0v) is 17.7. The average Bonchev–Trinajstić information content (AvgIpc) is 3.14. The smallest absolute Gasteiger partial charge is 0.262 e. The van der Waals surface area contributed by atoms with Gasteiger partial charge in [0.15, 0.2) is 12.1 Å².